The highest BCUT2D eigenvalue weighted by Crippen LogP contribution is 2.39. The number of hydrogen-bond donors (Lipinski definition) is 1. The van der Waals surface area contributed by atoms with E-state index in [4.69, 9.17) is 4.74 Å². The van der Waals surface area contributed by atoms with E-state index >= 15 is 0 Å². The lowest BCUT2D eigenvalue weighted by Crippen LogP contribution is -2.45. The quantitative estimate of drug-likeness (QED) is 0.495. The molecular formula is C29H33NO3. The van der Waals surface area contributed by atoms with E-state index in [0.717, 1.165) is 36.5 Å². The molecule has 0 aliphatic carbocycles. The van der Waals surface area contributed by atoms with Crippen LogP contribution in [0.2, 0.25) is 0 Å². The Hall–Kier alpha value is -3.11. The Labute approximate surface area is 196 Å². The highest BCUT2D eigenvalue weighted by atomic mass is 16.5. The maximum absolute atomic E-state index is 12.5. The van der Waals surface area contributed by atoms with Crippen molar-refractivity contribution in [2.45, 2.75) is 39.7 Å². The summed E-state index contributed by atoms with van der Waals surface area (Å²) in [5, 5.41) is 10.3. The number of likely N-dealkylation sites (tertiary alicyclic amines) is 1. The second-order valence-electron chi connectivity index (χ2n) is 9.36. The molecule has 1 fully saturated rings. The number of piperidine rings is 1. The van der Waals surface area contributed by atoms with E-state index in [1.165, 1.54) is 22.3 Å². The van der Waals surface area contributed by atoms with Gasteiger partial charge in [0.15, 0.2) is 0 Å². The van der Waals surface area contributed by atoms with Crippen LogP contribution >= 0.6 is 0 Å². The van der Waals surface area contributed by atoms with Crippen molar-refractivity contribution in [3.63, 3.8) is 0 Å². The van der Waals surface area contributed by atoms with E-state index in [1.54, 1.807) is 7.11 Å². The number of nitrogens with zero attached hydrogens (tertiary/aromatic N) is 1. The van der Waals surface area contributed by atoms with Gasteiger partial charge in [-0.1, -0.05) is 60.2 Å². The molecule has 0 amide bonds. The van der Waals surface area contributed by atoms with E-state index in [1.807, 2.05) is 24.3 Å². The number of rotatable bonds is 7. The Morgan fingerprint density at radius 2 is 1.67 bits per heavy atom. The minimum Gasteiger partial charge on any atom is -0.497 e. The van der Waals surface area contributed by atoms with Crippen LogP contribution in [0.4, 0.5) is 0 Å². The summed E-state index contributed by atoms with van der Waals surface area (Å²) in [6.45, 7) is 6.62. The van der Waals surface area contributed by atoms with Gasteiger partial charge in [0.25, 0.3) is 0 Å². The maximum atomic E-state index is 12.5. The van der Waals surface area contributed by atoms with E-state index in [-0.39, 0.29) is 0 Å². The SMILES string of the molecule is COc1ccc(CN2CCC(Cc3ccccc3-c3ccc(C)cc3C)(C(=O)O)CC2)cc1. The summed E-state index contributed by atoms with van der Waals surface area (Å²) >= 11 is 0. The van der Waals surface area contributed by atoms with Gasteiger partial charge in [0.05, 0.1) is 12.5 Å². The Bertz CT molecular complexity index is 1110. The van der Waals surface area contributed by atoms with Gasteiger partial charge in [0, 0.05) is 6.54 Å². The summed E-state index contributed by atoms with van der Waals surface area (Å²) in [6, 6.07) is 22.9. The standard InChI is InChI=1S/C29H33NO3/c1-21-8-13-26(22(2)18-21)27-7-5-4-6-24(27)19-29(28(31)32)14-16-30(17-15-29)20-23-9-11-25(33-3)12-10-23/h4-13,18H,14-17,19-20H2,1-3H3,(H,31,32). The van der Waals surface area contributed by atoms with Crippen molar-refractivity contribution in [1.82, 2.24) is 4.90 Å². The minimum atomic E-state index is -0.731. The van der Waals surface area contributed by atoms with Crippen LogP contribution in [0.1, 0.15) is 35.1 Å². The Morgan fingerprint density at radius 3 is 2.30 bits per heavy atom. The first-order valence-electron chi connectivity index (χ1n) is 11.6. The fourth-order valence-corrected chi connectivity index (χ4v) is 5.01. The van der Waals surface area contributed by atoms with Crippen LogP contribution in [0.5, 0.6) is 5.75 Å². The molecule has 0 bridgehead atoms. The Balaban J connectivity index is 1.52. The van der Waals surface area contributed by atoms with Crippen molar-refractivity contribution in [2.24, 2.45) is 5.41 Å². The van der Waals surface area contributed by atoms with E-state index in [2.05, 4.69) is 61.2 Å². The van der Waals surface area contributed by atoms with Gasteiger partial charge in [-0.15, -0.1) is 0 Å². The summed E-state index contributed by atoms with van der Waals surface area (Å²) in [6.07, 6.45) is 1.86. The molecule has 4 rings (SSSR count). The number of carboxylic acid groups (broad SMARTS) is 1. The van der Waals surface area contributed by atoms with E-state index < -0.39 is 11.4 Å². The maximum Gasteiger partial charge on any atom is 0.310 e. The molecule has 0 spiro atoms. The van der Waals surface area contributed by atoms with Crippen LogP contribution in [0.25, 0.3) is 11.1 Å². The van der Waals surface area contributed by atoms with Gasteiger partial charge >= 0.3 is 5.97 Å². The molecule has 4 nitrogen and oxygen atoms in total. The van der Waals surface area contributed by atoms with Gasteiger partial charge < -0.3 is 9.84 Å². The molecule has 0 radical (unpaired) electrons. The van der Waals surface area contributed by atoms with Crippen molar-refractivity contribution < 1.29 is 14.6 Å². The highest BCUT2D eigenvalue weighted by Gasteiger charge is 2.42. The van der Waals surface area contributed by atoms with Crippen LogP contribution < -0.4 is 4.74 Å². The molecule has 0 aromatic heterocycles. The van der Waals surface area contributed by atoms with Crippen molar-refractivity contribution in [2.75, 3.05) is 20.2 Å². The highest BCUT2D eigenvalue weighted by molar-refractivity contribution is 5.77. The van der Waals surface area contributed by atoms with Crippen molar-refractivity contribution in [3.05, 3.63) is 89.0 Å². The molecule has 33 heavy (non-hydrogen) atoms. The molecule has 0 unspecified atom stereocenters. The number of carboxylic acids is 1. The van der Waals surface area contributed by atoms with E-state index in [9.17, 15) is 9.90 Å². The zero-order chi connectivity index (χ0) is 23.4. The zero-order valence-electron chi connectivity index (χ0n) is 19.8. The van der Waals surface area contributed by atoms with Gasteiger partial charge in [-0.05, 0) is 86.1 Å². The van der Waals surface area contributed by atoms with E-state index in [0.29, 0.717) is 19.3 Å². The average molecular weight is 444 g/mol. The van der Waals surface area contributed by atoms with Crippen molar-refractivity contribution in [3.8, 4) is 16.9 Å². The van der Waals surface area contributed by atoms with Gasteiger partial charge in [0.2, 0.25) is 0 Å². The number of benzene rings is 3. The molecule has 0 saturated carbocycles. The number of methoxy groups -OCH3 is 1. The average Bonchev–Trinajstić information content (AvgIpc) is 2.81. The van der Waals surface area contributed by atoms with Gasteiger partial charge in [-0.25, -0.2) is 0 Å². The summed E-state index contributed by atoms with van der Waals surface area (Å²) < 4.78 is 5.25. The largest absolute Gasteiger partial charge is 0.497 e. The zero-order valence-corrected chi connectivity index (χ0v) is 19.8. The Kier molecular flexibility index (Phi) is 6.85. The van der Waals surface area contributed by atoms with Crippen molar-refractivity contribution in [1.29, 1.82) is 0 Å². The first kappa shape index (κ1) is 23.1. The van der Waals surface area contributed by atoms with Gasteiger partial charge in [-0.3, -0.25) is 9.69 Å². The number of aliphatic carboxylic acids is 1. The lowest BCUT2D eigenvalue weighted by Gasteiger charge is -2.39. The molecule has 3 aromatic rings. The van der Waals surface area contributed by atoms with Crippen LogP contribution in [0, 0.1) is 19.3 Å². The molecule has 0 atom stereocenters. The third-order valence-corrected chi connectivity index (χ3v) is 7.05. The predicted octanol–water partition coefficient (Wildman–Crippen LogP) is 5.89. The lowest BCUT2D eigenvalue weighted by atomic mass is 9.72. The molecule has 1 aliphatic heterocycles. The van der Waals surface area contributed by atoms with Crippen LogP contribution in [0.15, 0.2) is 66.7 Å². The van der Waals surface area contributed by atoms with Crippen LogP contribution in [-0.2, 0) is 17.8 Å². The second kappa shape index (κ2) is 9.80. The molecular weight excluding hydrogens is 410 g/mol. The molecule has 1 aliphatic rings. The predicted molar refractivity (Wildman–Crippen MR) is 133 cm³/mol. The second-order valence-corrected chi connectivity index (χ2v) is 9.36. The van der Waals surface area contributed by atoms with Gasteiger partial charge in [-0.2, -0.15) is 0 Å². The molecule has 1 heterocycles. The molecule has 3 aromatic carbocycles. The monoisotopic (exact) mass is 443 g/mol. The molecule has 1 N–H and O–H groups in total. The van der Waals surface area contributed by atoms with Crippen LogP contribution in [0.3, 0.4) is 0 Å². The molecule has 4 heteroatoms. The molecule has 172 valence electrons. The Morgan fingerprint density at radius 1 is 0.970 bits per heavy atom. The first-order valence-corrected chi connectivity index (χ1v) is 11.6. The third-order valence-electron chi connectivity index (χ3n) is 7.05. The number of ether oxygens (including phenoxy) is 1. The lowest BCUT2D eigenvalue weighted by molar-refractivity contribution is -0.152. The molecule has 1 saturated heterocycles. The fraction of sp³-hybridized carbons (Fsp3) is 0.345. The third kappa shape index (κ3) is 5.12. The number of aryl methyl sites for hydroxylation is 2. The first-order chi connectivity index (χ1) is 15.9. The topological polar surface area (TPSA) is 49.8 Å². The van der Waals surface area contributed by atoms with Gasteiger partial charge in [0.1, 0.15) is 5.75 Å². The normalized spacial score (nSPS) is 15.8. The summed E-state index contributed by atoms with van der Waals surface area (Å²) in [7, 11) is 1.67. The van der Waals surface area contributed by atoms with Crippen LogP contribution in [-0.4, -0.2) is 36.2 Å². The smallest absolute Gasteiger partial charge is 0.310 e. The summed E-state index contributed by atoms with van der Waals surface area (Å²) in [4.78, 5) is 14.9. The summed E-state index contributed by atoms with van der Waals surface area (Å²) in [5.41, 5.74) is 6.41. The fourth-order valence-electron chi connectivity index (χ4n) is 5.01. The minimum absolute atomic E-state index is 0.558. The number of hydrogen-bond acceptors (Lipinski definition) is 3. The summed E-state index contributed by atoms with van der Waals surface area (Å²) in [5.74, 6) is 0.173. The van der Waals surface area contributed by atoms with Crippen molar-refractivity contribution >= 4 is 5.97 Å². The number of carbonyl (C=O) groups is 1.